The normalized spacial score (nSPS) is 21.3. The van der Waals surface area contributed by atoms with Crippen LogP contribution in [-0.4, -0.2) is 6.04 Å². The van der Waals surface area contributed by atoms with Crippen molar-refractivity contribution in [2.24, 2.45) is 0 Å². The number of nitrogens with one attached hydrogen (secondary N) is 1. The average molecular weight is 273 g/mol. The molecule has 1 aliphatic rings. The van der Waals surface area contributed by atoms with E-state index in [0.29, 0.717) is 6.04 Å². The molecule has 1 aromatic rings. The Morgan fingerprint density at radius 3 is 3.17 bits per heavy atom. The Labute approximate surface area is 86.7 Å². The monoisotopic (exact) mass is 273 g/mol. The Hall–Kier alpha value is -0.250. The Bertz CT molecular complexity index is 296. The largest absolute Gasteiger partial charge is 0.382 e. The summed E-state index contributed by atoms with van der Waals surface area (Å²) in [6.45, 7) is 2.24. The van der Waals surface area contributed by atoms with Crippen molar-refractivity contribution in [2.45, 2.75) is 25.8 Å². The predicted molar refractivity (Wildman–Crippen MR) is 60.6 cm³/mol. The van der Waals surface area contributed by atoms with Gasteiger partial charge in [-0.2, -0.15) is 0 Å². The van der Waals surface area contributed by atoms with Crippen molar-refractivity contribution in [3.05, 3.63) is 27.3 Å². The van der Waals surface area contributed by atoms with Crippen LogP contribution in [0.15, 0.2) is 18.2 Å². The highest BCUT2D eigenvalue weighted by molar-refractivity contribution is 14.1. The summed E-state index contributed by atoms with van der Waals surface area (Å²) >= 11 is 2.35. The molecule has 1 atom stereocenters. The van der Waals surface area contributed by atoms with Gasteiger partial charge in [-0.15, -0.1) is 0 Å². The van der Waals surface area contributed by atoms with Gasteiger partial charge in [-0.05, 0) is 60.1 Å². The zero-order valence-electron chi connectivity index (χ0n) is 7.10. The molecule has 0 bridgehead atoms. The van der Waals surface area contributed by atoms with Gasteiger partial charge in [0.25, 0.3) is 0 Å². The van der Waals surface area contributed by atoms with E-state index >= 15 is 0 Å². The molecule has 1 N–H and O–H groups in total. The van der Waals surface area contributed by atoms with Gasteiger partial charge in [-0.3, -0.25) is 0 Å². The van der Waals surface area contributed by atoms with Crippen molar-refractivity contribution in [2.75, 3.05) is 5.32 Å². The summed E-state index contributed by atoms with van der Waals surface area (Å²) in [6.07, 6.45) is 2.48. The van der Waals surface area contributed by atoms with Crippen molar-refractivity contribution < 1.29 is 0 Å². The van der Waals surface area contributed by atoms with Gasteiger partial charge < -0.3 is 5.32 Å². The molecule has 0 saturated carbocycles. The third-order valence-electron chi connectivity index (χ3n) is 2.32. The Kier molecular flexibility index (Phi) is 2.26. The third-order valence-corrected chi connectivity index (χ3v) is 2.99. The minimum atomic E-state index is 0.635. The van der Waals surface area contributed by atoms with Crippen LogP contribution in [0.25, 0.3) is 0 Å². The van der Waals surface area contributed by atoms with E-state index < -0.39 is 0 Å². The van der Waals surface area contributed by atoms with Crippen molar-refractivity contribution >= 4 is 28.3 Å². The number of rotatable bonds is 0. The molecule has 1 nitrogen and oxygen atoms in total. The lowest BCUT2D eigenvalue weighted by molar-refractivity contribution is 0.681. The molecular weight excluding hydrogens is 261 g/mol. The maximum atomic E-state index is 3.50. The minimum absolute atomic E-state index is 0.635. The number of halogens is 1. The molecule has 1 heterocycles. The van der Waals surface area contributed by atoms with Crippen LogP contribution in [0.1, 0.15) is 18.9 Å². The fourth-order valence-corrected chi connectivity index (χ4v) is 2.10. The van der Waals surface area contributed by atoms with Crippen LogP contribution in [0.2, 0.25) is 0 Å². The molecule has 0 spiro atoms. The molecule has 0 fully saturated rings. The van der Waals surface area contributed by atoms with E-state index in [1.807, 2.05) is 0 Å². The van der Waals surface area contributed by atoms with Gasteiger partial charge >= 0.3 is 0 Å². The number of hydrogen-bond acceptors (Lipinski definition) is 1. The Balaban J connectivity index is 2.37. The van der Waals surface area contributed by atoms with E-state index in [4.69, 9.17) is 0 Å². The molecule has 0 saturated heterocycles. The van der Waals surface area contributed by atoms with Crippen LogP contribution >= 0.6 is 22.6 Å². The van der Waals surface area contributed by atoms with Crippen molar-refractivity contribution in [1.82, 2.24) is 0 Å². The summed E-state index contributed by atoms with van der Waals surface area (Å²) < 4.78 is 1.31. The predicted octanol–water partition coefficient (Wildman–Crippen LogP) is 3.04. The number of aryl methyl sites for hydroxylation is 1. The Morgan fingerprint density at radius 1 is 1.50 bits per heavy atom. The van der Waals surface area contributed by atoms with E-state index in [1.54, 1.807) is 0 Å². The second-order valence-corrected chi connectivity index (χ2v) is 4.63. The summed E-state index contributed by atoms with van der Waals surface area (Å²) in [7, 11) is 0. The molecule has 0 aliphatic carbocycles. The van der Waals surface area contributed by atoms with Crippen LogP contribution in [-0.2, 0) is 6.42 Å². The van der Waals surface area contributed by atoms with Crippen molar-refractivity contribution in [3.8, 4) is 0 Å². The summed E-state index contributed by atoms with van der Waals surface area (Å²) in [4.78, 5) is 0. The average Bonchev–Trinajstić information content (AvgIpc) is 2.03. The summed E-state index contributed by atoms with van der Waals surface area (Å²) in [5, 5.41) is 3.50. The van der Waals surface area contributed by atoms with Crippen LogP contribution in [0.3, 0.4) is 0 Å². The van der Waals surface area contributed by atoms with Gasteiger partial charge in [0.2, 0.25) is 0 Å². The summed E-state index contributed by atoms with van der Waals surface area (Å²) in [5.41, 5.74) is 2.80. The highest BCUT2D eigenvalue weighted by Crippen LogP contribution is 2.26. The van der Waals surface area contributed by atoms with Gasteiger partial charge in [-0.1, -0.05) is 6.07 Å². The van der Waals surface area contributed by atoms with Crippen LogP contribution in [0.5, 0.6) is 0 Å². The van der Waals surface area contributed by atoms with E-state index in [2.05, 4.69) is 53.0 Å². The van der Waals surface area contributed by atoms with Crippen molar-refractivity contribution in [1.29, 1.82) is 0 Å². The number of hydrogen-bond donors (Lipinski definition) is 1. The highest BCUT2D eigenvalue weighted by atomic mass is 127. The number of fused-ring (bicyclic) bond motifs is 1. The maximum Gasteiger partial charge on any atom is 0.0385 e. The lowest BCUT2D eigenvalue weighted by atomic mass is 9.99. The van der Waals surface area contributed by atoms with E-state index in [1.165, 1.54) is 27.7 Å². The van der Waals surface area contributed by atoms with Crippen LogP contribution in [0.4, 0.5) is 5.69 Å². The first-order chi connectivity index (χ1) is 5.75. The zero-order chi connectivity index (χ0) is 8.55. The molecule has 64 valence electrons. The molecule has 0 aromatic heterocycles. The summed E-state index contributed by atoms with van der Waals surface area (Å²) in [5.74, 6) is 0. The topological polar surface area (TPSA) is 12.0 Å². The minimum Gasteiger partial charge on any atom is -0.382 e. The molecule has 1 aromatic carbocycles. The molecule has 12 heavy (non-hydrogen) atoms. The van der Waals surface area contributed by atoms with E-state index in [-0.39, 0.29) is 0 Å². The lowest BCUT2D eigenvalue weighted by Crippen LogP contribution is -2.21. The maximum absolute atomic E-state index is 3.50. The third kappa shape index (κ3) is 1.58. The molecule has 2 heteroatoms. The standard InChI is InChI=1S/C10H12IN/c1-7-2-3-8-4-5-9(11)6-10(8)12-7/h4-7,12H,2-3H2,1H3/t7-/m1/s1. The molecule has 2 rings (SSSR count). The fourth-order valence-electron chi connectivity index (χ4n) is 1.61. The fraction of sp³-hybridized carbons (Fsp3) is 0.400. The molecule has 1 aliphatic heterocycles. The van der Waals surface area contributed by atoms with Gasteiger partial charge in [-0.25, -0.2) is 0 Å². The zero-order valence-corrected chi connectivity index (χ0v) is 9.26. The van der Waals surface area contributed by atoms with Crippen molar-refractivity contribution in [3.63, 3.8) is 0 Å². The van der Waals surface area contributed by atoms with Gasteiger partial charge in [0.15, 0.2) is 0 Å². The second-order valence-electron chi connectivity index (χ2n) is 3.39. The first-order valence-electron chi connectivity index (χ1n) is 4.30. The lowest BCUT2D eigenvalue weighted by Gasteiger charge is -2.24. The SMILES string of the molecule is C[C@@H]1CCc2ccc(I)cc2N1. The molecule has 0 unspecified atom stereocenters. The van der Waals surface area contributed by atoms with E-state index in [0.717, 1.165) is 0 Å². The first kappa shape index (κ1) is 8.35. The van der Waals surface area contributed by atoms with Crippen LogP contribution in [0, 0.1) is 3.57 Å². The van der Waals surface area contributed by atoms with Gasteiger partial charge in [0, 0.05) is 15.3 Å². The molecule has 0 radical (unpaired) electrons. The van der Waals surface area contributed by atoms with E-state index in [9.17, 15) is 0 Å². The highest BCUT2D eigenvalue weighted by Gasteiger charge is 2.13. The van der Waals surface area contributed by atoms with Gasteiger partial charge in [0.1, 0.15) is 0 Å². The first-order valence-corrected chi connectivity index (χ1v) is 5.38. The molecule has 0 amide bonds. The summed E-state index contributed by atoms with van der Waals surface area (Å²) in [6, 6.07) is 7.27. The second kappa shape index (κ2) is 3.24. The van der Waals surface area contributed by atoms with Gasteiger partial charge in [0.05, 0.1) is 0 Å². The number of anilines is 1. The molecular formula is C10H12IN. The number of benzene rings is 1. The Morgan fingerprint density at radius 2 is 2.33 bits per heavy atom. The quantitative estimate of drug-likeness (QED) is 0.716. The smallest absolute Gasteiger partial charge is 0.0385 e. The van der Waals surface area contributed by atoms with Crippen LogP contribution < -0.4 is 5.32 Å².